The van der Waals surface area contributed by atoms with Gasteiger partial charge in [-0.2, -0.15) is 0 Å². The molecule has 134 valence electrons. The van der Waals surface area contributed by atoms with E-state index in [9.17, 15) is 0 Å². The summed E-state index contributed by atoms with van der Waals surface area (Å²) in [6, 6.07) is 0. The van der Waals surface area contributed by atoms with Gasteiger partial charge in [-0.15, -0.1) is 46.7 Å². The number of aliphatic imine (C=N–C) groups is 1. The van der Waals surface area contributed by atoms with Crippen LogP contribution in [0.1, 0.15) is 28.9 Å². The maximum Gasteiger partial charge on any atom is 0.191 e. The van der Waals surface area contributed by atoms with E-state index >= 15 is 0 Å². The molecule has 0 unspecified atom stereocenters. The highest BCUT2D eigenvalue weighted by Crippen LogP contribution is 2.20. The Hall–Kier alpha value is -0.390. The minimum absolute atomic E-state index is 0. The molecule has 0 aromatic carbocycles. The zero-order chi connectivity index (χ0) is 16.5. The van der Waals surface area contributed by atoms with Crippen molar-refractivity contribution in [1.29, 1.82) is 0 Å². The number of aryl methyl sites for hydroxylation is 2. The fraction of sp³-hybridized carbons (Fsp3) is 0.533. The first-order chi connectivity index (χ1) is 11.2. The molecule has 2 heterocycles. The normalized spacial score (nSPS) is 11.2. The number of hydrogen-bond acceptors (Lipinski definition) is 6. The van der Waals surface area contributed by atoms with E-state index in [2.05, 4.69) is 39.4 Å². The van der Waals surface area contributed by atoms with Crippen LogP contribution in [0.25, 0.3) is 0 Å². The van der Waals surface area contributed by atoms with E-state index in [1.165, 1.54) is 4.88 Å². The molecule has 0 aliphatic heterocycles. The summed E-state index contributed by atoms with van der Waals surface area (Å²) in [5.74, 6) is 1.92. The predicted octanol–water partition coefficient (Wildman–Crippen LogP) is 4.07. The van der Waals surface area contributed by atoms with E-state index in [1.807, 2.05) is 18.5 Å². The monoisotopic (exact) mass is 497 g/mol. The minimum atomic E-state index is 0. The number of rotatable bonds is 8. The van der Waals surface area contributed by atoms with Crippen LogP contribution in [0.2, 0.25) is 0 Å². The van der Waals surface area contributed by atoms with Crippen LogP contribution in [0.3, 0.4) is 0 Å². The number of nitrogens with one attached hydrogen (secondary N) is 2. The molecule has 0 spiro atoms. The van der Waals surface area contributed by atoms with Gasteiger partial charge >= 0.3 is 0 Å². The van der Waals surface area contributed by atoms with Crippen molar-refractivity contribution in [2.24, 2.45) is 4.99 Å². The second-order valence-corrected chi connectivity index (χ2v) is 8.40. The third kappa shape index (κ3) is 7.66. The van der Waals surface area contributed by atoms with Gasteiger partial charge in [0.2, 0.25) is 0 Å². The summed E-state index contributed by atoms with van der Waals surface area (Å²) in [4.78, 5) is 14.7. The van der Waals surface area contributed by atoms with E-state index in [0.29, 0.717) is 6.54 Å². The Morgan fingerprint density at radius 1 is 1.33 bits per heavy atom. The van der Waals surface area contributed by atoms with Crippen molar-refractivity contribution < 1.29 is 0 Å². The van der Waals surface area contributed by atoms with Gasteiger partial charge in [-0.1, -0.05) is 11.8 Å². The SMILES string of the molecule is CCNC(=NCc1nc(C)c(C)s1)NCCCSc1nccs1.I. The van der Waals surface area contributed by atoms with Crippen LogP contribution in [-0.4, -0.2) is 34.8 Å². The van der Waals surface area contributed by atoms with Crippen LogP contribution in [0.4, 0.5) is 0 Å². The molecule has 0 radical (unpaired) electrons. The van der Waals surface area contributed by atoms with Crippen molar-refractivity contribution >= 4 is 64.4 Å². The third-order valence-corrected chi connectivity index (χ3v) is 6.15. The molecule has 24 heavy (non-hydrogen) atoms. The Balaban J connectivity index is 0.00000288. The largest absolute Gasteiger partial charge is 0.357 e. The highest BCUT2D eigenvalue weighted by atomic mass is 127. The molecular weight excluding hydrogens is 473 g/mol. The maximum absolute atomic E-state index is 4.61. The molecule has 2 N–H and O–H groups in total. The van der Waals surface area contributed by atoms with Crippen LogP contribution in [0.15, 0.2) is 20.9 Å². The topological polar surface area (TPSA) is 62.2 Å². The molecule has 0 amide bonds. The van der Waals surface area contributed by atoms with Gasteiger partial charge in [0.05, 0.1) is 12.2 Å². The van der Waals surface area contributed by atoms with Crippen molar-refractivity contribution in [2.75, 3.05) is 18.8 Å². The lowest BCUT2D eigenvalue weighted by molar-refractivity contribution is 0.788. The van der Waals surface area contributed by atoms with Gasteiger partial charge in [0.15, 0.2) is 5.96 Å². The molecule has 0 atom stereocenters. The first kappa shape index (κ1) is 21.7. The average molecular weight is 497 g/mol. The molecule has 0 aliphatic carbocycles. The highest BCUT2D eigenvalue weighted by Gasteiger charge is 2.04. The Morgan fingerprint density at radius 3 is 2.79 bits per heavy atom. The molecular formula is C15H24IN5S3. The summed E-state index contributed by atoms with van der Waals surface area (Å²) in [7, 11) is 0. The second kappa shape index (κ2) is 12.0. The van der Waals surface area contributed by atoms with Gasteiger partial charge in [-0.05, 0) is 27.2 Å². The fourth-order valence-electron chi connectivity index (χ4n) is 1.82. The van der Waals surface area contributed by atoms with E-state index in [4.69, 9.17) is 0 Å². The number of guanidine groups is 1. The average Bonchev–Trinajstić information content (AvgIpc) is 3.15. The van der Waals surface area contributed by atoms with Crippen molar-refractivity contribution in [1.82, 2.24) is 20.6 Å². The molecule has 2 aromatic heterocycles. The third-order valence-electron chi connectivity index (χ3n) is 3.04. The van der Waals surface area contributed by atoms with Gasteiger partial charge in [-0.3, -0.25) is 0 Å². The van der Waals surface area contributed by atoms with E-state index in [1.54, 1.807) is 34.4 Å². The molecule has 0 saturated carbocycles. The summed E-state index contributed by atoms with van der Waals surface area (Å²) in [5, 5.41) is 9.73. The number of halogens is 1. The Labute approximate surface area is 173 Å². The number of aromatic nitrogens is 2. The molecule has 5 nitrogen and oxygen atoms in total. The standard InChI is InChI=1S/C15H23N5S3.HI/c1-4-16-14(19-10-13-20-11(2)12(3)23-13)17-6-5-8-21-15-18-7-9-22-15;/h7,9H,4-6,8,10H2,1-3H3,(H2,16,17,19);1H. The van der Waals surface area contributed by atoms with E-state index < -0.39 is 0 Å². The Kier molecular flexibility index (Phi) is 10.9. The quantitative estimate of drug-likeness (QED) is 0.189. The van der Waals surface area contributed by atoms with Crippen LogP contribution in [-0.2, 0) is 6.54 Å². The van der Waals surface area contributed by atoms with Crippen molar-refractivity contribution in [3.8, 4) is 0 Å². The molecule has 2 aromatic rings. The predicted molar refractivity (Wildman–Crippen MR) is 117 cm³/mol. The lowest BCUT2D eigenvalue weighted by Crippen LogP contribution is -2.37. The summed E-state index contributed by atoms with van der Waals surface area (Å²) in [6.07, 6.45) is 2.92. The summed E-state index contributed by atoms with van der Waals surface area (Å²) < 4.78 is 1.14. The number of hydrogen-bond donors (Lipinski definition) is 2. The second-order valence-electron chi connectivity index (χ2n) is 4.87. The smallest absolute Gasteiger partial charge is 0.191 e. The first-order valence-electron chi connectivity index (χ1n) is 7.66. The highest BCUT2D eigenvalue weighted by molar-refractivity contribution is 14.0. The number of nitrogens with zero attached hydrogens (tertiary/aromatic N) is 3. The molecule has 0 fully saturated rings. The molecule has 2 rings (SSSR count). The lowest BCUT2D eigenvalue weighted by Gasteiger charge is -2.10. The fourth-order valence-corrected chi connectivity index (χ4v) is 4.32. The van der Waals surface area contributed by atoms with Crippen molar-refractivity contribution in [3.63, 3.8) is 0 Å². The lowest BCUT2D eigenvalue weighted by atomic mass is 10.4. The van der Waals surface area contributed by atoms with Gasteiger partial charge in [0, 0.05) is 35.3 Å². The van der Waals surface area contributed by atoms with Gasteiger partial charge < -0.3 is 10.6 Å². The van der Waals surface area contributed by atoms with E-state index in [0.717, 1.165) is 46.3 Å². The summed E-state index contributed by atoms with van der Waals surface area (Å²) in [6.45, 7) is 8.61. The number of thiazole rings is 2. The van der Waals surface area contributed by atoms with Crippen LogP contribution in [0.5, 0.6) is 0 Å². The zero-order valence-corrected chi connectivity index (χ0v) is 18.9. The molecule has 0 bridgehead atoms. The molecule has 0 saturated heterocycles. The Bertz CT molecular complexity index is 593. The zero-order valence-electron chi connectivity index (χ0n) is 14.2. The molecule has 9 heteroatoms. The summed E-state index contributed by atoms with van der Waals surface area (Å²) >= 11 is 5.22. The van der Waals surface area contributed by atoms with Crippen molar-refractivity contribution in [2.45, 2.75) is 38.1 Å². The van der Waals surface area contributed by atoms with Crippen LogP contribution >= 0.6 is 58.4 Å². The van der Waals surface area contributed by atoms with Gasteiger partial charge in [0.1, 0.15) is 9.35 Å². The van der Waals surface area contributed by atoms with E-state index in [-0.39, 0.29) is 24.0 Å². The number of thioether (sulfide) groups is 1. The van der Waals surface area contributed by atoms with Gasteiger partial charge in [0.25, 0.3) is 0 Å². The van der Waals surface area contributed by atoms with Gasteiger partial charge in [-0.25, -0.2) is 15.0 Å². The first-order valence-corrected chi connectivity index (χ1v) is 10.3. The maximum atomic E-state index is 4.61. The van der Waals surface area contributed by atoms with Crippen LogP contribution < -0.4 is 10.6 Å². The van der Waals surface area contributed by atoms with Crippen LogP contribution in [0, 0.1) is 13.8 Å². The Morgan fingerprint density at radius 2 is 2.17 bits per heavy atom. The molecule has 0 aliphatic rings. The minimum Gasteiger partial charge on any atom is -0.357 e. The van der Waals surface area contributed by atoms with Crippen molar-refractivity contribution in [3.05, 3.63) is 27.2 Å². The summed E-state index contributed by atoms with van der Waals surface area (Å²) in [5.41, 5.74) is 1.11.